The van der Waals surface area contributed by atoms with Gasteiger partial charge in [0.2, 0.25) is 0 Å². The van der Waals surface area contributed by atoms with Crippen molar-refractivity contribution in [2.24, 2.45) is 23.7 Å². The zero-order valence-corrected chi connectivity index (χ0v) is 23.5. The highest BCUT2D eigenvalue weighted by atomic mass is 16.5. The highest BCUT2D eigenvalue weighted by Crippen LogP contribution is 2.52. The van der Waals surface area contributed by atoms with E-state index in [1.165, 1.54) is 5.57 Å². The molecule has 0 amide bonds. The fourth-order valence-corrected chi connectivity index (χ4v) is 7.16. The Hall–Kier alpha value is -3.74. The van der Waals surface area contributed by atoms with E-state index in [9.17, 15) is 19.7 Å². The number of Topliss-reactive ketones (excluding diaryl/α,β-unsaturated/α-hetero) is 2. The lowest BCUT2D eigenvalue weighted by molar-refractivity contribution is 0.0594. The summed E-state index contributed by atoms with van der Waals surface area (Å²) < 4.78 is 6.24. The average Bonchev–Trinajstić information content (AvgIpc) is 2.98. The number of aromatic hydroxyl groups is 1. The number of hydrogen-bond acceptors (Lipinski definition) is 5. The lowest BCUT2D eigenvalue weighted by Crippen LogP contribution is -2.51. The number of ketones is 2. The van der Waals surface area contributed by atoms with Crippen molar-refractivity contribution in [2.75, 3.05) is 0 Å². The maximum Gasteiger partial charge on any atom is 0.455 e. The molecule has 0 unspecified atom stereocenters. The summed E-state index contributed by atoms with van der Waals surface area (Å²) in [6.07, 6.45) is 3.97. The highest BCUT2D eigenvalue weighted by Gasteiger charge is 2.53. The van der Waals surface area contributed by atoms with Crippen molar-refractivity contribution in [3.05, 3.63) is 112 Å². The molecular formula is C35H35BO5. The van der Waals surface area contributed by atoms with Crippen LogP contribution in [0.25, 0.3) is 11.6 Å². The zero-order chi connectivity index (χ0) is 28.7. The molecule has 5 nitrogen and oxygen atoms in total. The summed E-state index contributed by atoms with van der Waals surface area (Å²) >= 11 is 0. The molecule has 2 aliphatic carbocycles. The first-order valence-corrected chi connectivity index (χ1v) is 14.6. The summed E-state index contributed by atoms with van der Waals surface area (Å²) in [6.45, 7) is 4.29. The minimum Gasteiger partial charge on any atom is -0.508 e. The summed E-state index contributed by atoms with van der Waals surface area (Å²) in [5.74, 6) is -0.632. The van der Waals surface area contributed by atoms with Crippen molar-refractivity contribution in [2.45, 2.75) is 45.5 Å². The highest BCUT2D eigenvalue weighted by molar-refractivity contribution is 6.43. The first-order chi connectivity index (χ1) is 19.8. The largest absolute Gasteiger partial charge is 0.508 e. The summed E-state index contributed by atoms with van der Waals surface area (Å²) in [5.41, 5.74) is 6.54. The lowest BCUT2D eigenvalue weighted by Gasteiger charge is -2.48. The Bertz CT molecular complexity index is 1520. The van der Waals surface area contributed by atoms with Gasteiger partial charge in [-0.3, -0.25) is 9.59 Å². The maximum atomic E-state index is 13.9. The van der Waals surface area contributed by atoms with Crippen LogP contribution in [-0.2, 0) is 4.65 Å². The predicted octanol–water partition coefficient (Wildman–Crippen LogP) is 6.88. The van der Waals surface area contributed by atoms with Gasteiger partial charge in [0.05, 0.1) is 6.10 Å². The molecule has 6 heteroatoms. The Labute approximate surface area is 241 Å². The fraction of sp³-hybridized carbons (Fsp3) is 0.314. The Kier molecular flexibility index (Phi) is 7.54. The maximum absolute atomic E-state index is 13.9. The van der Waals surface area contributed by atoms with Gasteiger partial charge in [0.25, 0.3) is 0 Å². The molecule has 41 heavy (non-hydrogen) atoms. The van der Waals surface area contributed by atoms with Gasteiger partial charge in [-0.2, -0.15) is 0 Å². The molecule has 3 aromatic rings. The monoisotopic (exact) mass is 546 g/mol. The van der Waals surface area contributed by atoms with Crippen molar-refractivity contribution in [3.63, 3.8) is 0 Å². The number of phenols is 1. The third-order valence-electron chi connectivity index (χ3n) is 9.05. The van der Waals surface area contributed by atoms with Crippen LogP contribution in [0.5, 0.6) is 5.75 Å². The van der Waals surface area contributed by atoms with Gasteiger partial charge in [-0.15, -0.1) is 0 Å². The van der Waals surface area contributed by atoms with Crippen LogP contribution in [0.2, 0.25) is 6.32 Å². The van der Waals surface area contributed by atoms with E-state index in [-0.39, 0.29) is 35.3 Å². The molecule has 4 atom stereocenters. The second-order valence-electron chi connectivity index (χ2n) is 11.8. The van der Waals surface area contributed by atoms with Crippen molar-refractivity contribution >= 4 is 30.3 Å². The summed E-state index contributed by atoms with van der Waals surface area (Å²) in [7, 11) is -0.998. The second kappa shape index (κ2) is 11.3. The van der Waals surface area contributed by atoms with Crippen LogP contribution in [0.4, 0.5) is 0 Å². The Morgan fingerprint density at radius 2 is 1.59 bits per heavy atom. The van der Waals surface area contributed by atoms with Gasteiger partial charge in [-0.05, 0) is 71.8 Å². The first kappa shape index (κ1) is 27.4. The van der Waals surface area contributed by atoms with Crippen molar-refractivity contribution in [1.82, 2.24) is 0 Å². The number of rotatable bonds is 6. The molecule has 0 radical (unpaired) electrons. The predicted molar refractivity (Wildman–Crippen MR) is 161 cm³/mol. The topological polar surface area (TPSA) is 83.8 Å². The molecule has 0 spiro atoms. The van der Waals surface area contributed by atoms with Crippen LogP contribution in [0.15, 0.2) is 90.0 Å². The van der Waals surface area contributed by atoms with Crippen LogP contribution in [-0.4, -0.2) is 34.9 Å². The third kappa shape index (κ3) is 5.23. The molecule has 0 bridgehead atoms. The number of benzene rings is 3. The van der Waals surface area contributed by atoms with Gasteiger partial charge in [0.1, 0.15) is 5.75 Å². The molecule has 0 aromatic heterocycles. The third-order valence-corrected chi connectivity index (χ3v) is 9.05. The number of phenolic OH excluding ortho intramolecular Hbond substituents is 1. The van der Waals surface area contributed by atoms with E-state index in [1.807, 2.05) is 42.5 Å². The number of carbonyl (C=O) groups is 2. The van der Waals surface area contributed by atoms with E-state index in [0.29, 0.717) is 36.7 Å². The Balaban J connectivity index is 1.36. The standard InChI is InChI=1S/C35H35BO5/c1-21(2)28-19-29-33(35(39)27-11-7-6-10-26(27)34(29)38)30-20-36(40)41-31(32(28)30)17-14-24(23-8-4-3-5-9-23)18-22-12-15-25(37)16-13-22/h3-13,15-16,18,21,29-31,33,37,40H,14,17,19-20H2,1-2H3/b24-18-/t29-,30+,31-,33-/m1/s1. The molecule has 1 aliphatic heterocycles. The quantitative estimate of drug-likeness (QED) is 0.200. The number of carbonyl (C=O) groups excluding carboxylic acids is 2. The number of fused-ring (bicyclic) bond motifs is 4. The molecule has 208 valence electrons. The summed E-state index contributed by atoms with van der Waals surface area (Å²) in [6, 6.07) is 24.5. The van der Waals surface area contributed by atoms with Crippen LogP contribution in [0, 0.1) is 23.7 Å². The second-order valence-corrected chi connectivity index (χ2v) is 11.8. The lowest BCUT2D eigenvalue weighted by atomic mass is 9.53. The molecule has 6 rings (SSSR count). The van der Waals surface area contributed by atoms with Gasteiger partial charge in [-0.1, -0.05) is 92.2 Å². The smallest absolute Gasteiger partial charge is 0.455 e. The fourth-order valence-electron chi connectivity index (χ4n) is 7.16. The van der Waals surface area contributed by atoms with Crippen molar-refractivity contribution in [3.8, 4) is 5.75 Å². The van der Waals surface area contributed by atoms with Crippen molar-refractivity contribution < 1.29 is 24.4 Å². The van der Waals surface area contributed by atoms with E-state index in [1.54, 1.807) is 24.3 Å². The van der Waals surface area contributed by atoms with Crippen LogP contribution in [0.1, 0.15) is 65.0 Å². The molecule has 0 saturated carbocycles. The average molecular weight is 546 g/mol. The SMILES string of the molecule is CC(C)C1=C2[C@@H](CC/C(=C/c3ccc(O)cc3)c3ccccc3)OB(O)C[C@@H]2[C@@H]2C(=O)c3ccccc3C(=O)[C@@H]2C1. The number of allylic oxidation sites excluding steroid dienone is 2. The minimum absolute atomic E-state index is 0.0144. The van der Waals surface area contributed by atoms with Gasteiger partial charge < -0.3 is 14.8 Å². The van der Waals surface area contributed by atoms with Crippen molar-refractivity contribution in [1.29, 1.82) is 0 Å². The van der Waals surface area contributed by atoms with E-state index < -0.39 is 19.0 Å². The normalized spacial score (nSPS) is 24.3. The Morgan fingerprint density at radius 1 is 0.927 bits per heavy atom. The van der Waals surface area contributed by atoms with E-state index in [4.69, 9.17) is 4.65 Å². The minimum atomic E-state index is -0.998. The molecule has 3 aliphatic rings. The van der Waals surface area contributed by atoms with Crippen LogP contribution >= 0.6 is 0 Å². The van der Waals surface area contributed by atoms with Crippen LogP contribution < -0.4 is 0 Å². The molecule has 3 aromatic carbocycles. The van der Waals surface area contributed by atoms with Gasteiger partial charge in [0.15, 0.2) is 11.6 Å². The Morgan fingerprint density at radius 3 is 2.27 bits per heavy atom. The van der Waals surface area contributed by atoms with Gasteiger partial charge >= 0.3 is 7.12 Å². The molecular weight excluding hydrogens is 511 g/mol. The molecule has 1 heterocycles. The summed E-state index contributed by atoms with van der Waals surface area (Å²) in [4.78, 5) is 27.6. The van der Waals surface area contributed by atoms with Crippen LogP contribution in [0.3, 0.4) is 0 Å². The number of hydrogen-bond donors (Lipinski definition) is 2. The zero-order valence-electron chi connectivity index (χ0n) is 23.5. The van der Waals surface area contributed by atoms with E-state index >= 15 is 0 Å². The van der Waals surface area contributed by atoms with E-state index in [2.05, 4.69) is 32.1 Å². The molecule has 2 N–H and O–H groups in total. The summed E-state index contributed by atoms with van der Waals surface area (Å²) in [5, 5.41) is 20.7. The first-order valence-electron chi connectivity index (χ1n) is 14.6. The van der Waals surface area contributed by atoms with E-state index in [0.717, 1.165) is 22.3 Å². The molecule has 1 fully saturated rings. The molecule has 1 saturated heterocycles. The van der Waals surface area contributed by atoms with Gasteiger partial charge in [0, 0.05) is 23.0 Å². The van der Waals surface area contributed by atoms with Gasteiger partial charge in [-0.25, -0.2) is 0 Å².